The molecule has 0 radical (unpaired) electrons. The van der Waals surface area contributed by atoms with E-state index in [1.54, 1.807) is 16.7 Å². The fourth-order valence-electron chi connectivity index (χ4n) is 2.85. The van der Waals surface area contributed by atoms with Crippen LogP contribution in [0.5, 0.6) is 11.5 Å². The summed E-state index contributed by atoms with van der Waals surface area (Å²) in [6.07, 6.45) is 3.86. The molecule has 0 atom stereocenters. The van der Waals surface area contributed by atoms with Crippen LogP contribution in [0, 0.1) is 5.92 Å². The van der Waals surface area contributed by atoms with E-state index in [9.17, 15) is 4.79 Å². The van der Waals surface area contributed by atoms with E-state index in [4.69, 9.17) is 21.7 Å². The van der Waals surface area contributed by atoms with E-state index < -0.39 is 0 Å². The molecule has 1 aliphatic heterocycles. The molecule has 0 aromatic heterocycles. The molecule has 1 heterocycles. The van der Waals surface area contributed by atoms with E-state index >= 15 is 0 Å². The van der Waals surface area contributed by atoms with Gasteiger partial charge in [-0.3, -0.25) is 9.69 Å². The summed E-state index contributed by atoms with van der Waals surface area (Å²) in [6, 6.07) is 13.6. The molecule has 0 N–H and O–H groups in total. The van der Waals surface area contributed by atoms with Crippen molar-refractivity contribution in [3.05, 3.63) is 52.9 Å². The lowest BCUT2D eigenvalue weighted by atomic mass is 10.1. The van der Waals surface area contributed by atoms with Gasteiger partial charge in [0.2, 0.25) is 0 Å². The van der Waals surface area contributed by atoms with Gasteiger partial charge in [0, 0.05) is 4.90 Å². The number of carbonyl (C=O) groups is 1. The maximum absolute atomic E-state index is 13.1. The van der Waals surface area contributed by atoms with Crippen molar-refractivity contribution in [2.24, 2.45) is 5.92 Å². The van der Waals surface area contributed by atoms with Crippen LogP contribution in [-0.2, 0) is 4.79 Å². The first kappa shape index (κ1) is 22.7. The lowest BCUT2D eigenvalue weighted by Gasteiger charge is -2.15. The average molecular weight is 460 g/mol. The number of thioether (sulfide) groups is 2. The van der Waals surface area contributed by atoms with E-state index in [1.807, 2.05) is 61.7 Å². The van der Waals surface area contributed by atoms with Gasteiger partial charge < -0.3 is 9.47 Å². The second-order valence-electron chi connectivity index (χ2n) is 7.06. The Labute approximate surface area is 192 Å². The normalized spacial score (nSPS) is 15.4. The van der Waals surface area contributed by atoms with Crippen LogP contribution in [0.25, 0.3) is 6.08 Å². The molecule has 0 aliphatic carbocycles. The number of thiocarbonyl (C=S) groups is 1. The fourth-order valence-corrected chi connectivity index (χ4v) is 4.60. The maximum atomic E-state index is 13.1. The average Bonchev–Trinajstić information content (AvgIpc) is 3.00. The summed E-state index contributed by atoms with van der Waals surface area (Å²) in [5.41, 5.74) is 1.66. The number of nitrogens with zero attached hydrogens (tertiary/aromatic N) is 1. The lowest BCUT2D eigenvalue weighted by molar-refractivity contribution is -0.113. The maximum Gasteiger partial charge on any atom is 0.270 e. The largest absolute Gasteiger partial charge is 0.490 e. The van der Waals surface area contributed by atoms with Gasteiger partial charge in [-0.15, -0.1) is 11.8 Å². The van der Waals surface area contributed by atoms with Gasteiger partial charge in [-0.05, 0) is 61.1 Å². The van der Waals surface area contributed by atoms with Crippen molar-refractivity contribution in [3.63, 3.8) is 0 Å². The third kappa shape index (κ3) is 5.39. The smallest absolute Gasteiger partial charge is 0.270 e. The van der Waals surface area contributed by atoms with Crippen molar-refractivity contribution in [2.45, 2.75) is 25.7 Å². The molecule has 0 bridgehead atoms. The number of hydrogen-bond acceptors (Lipinski definition) is 6. The molecule has 7 heteroatoms. The van der Waals surface area contributed by atoms with E-state index in [0.717, 1.165) is 16.1 Å². The number of amides is 1. The molecular weight excluding hydrogens is 434 g/mol. The Kier molecular flexibility index (Phi) is 7.86. The lowest BCUT2D eigenvalue weighted by Crippen LogP contribution is -2.27. The third-order valence-electron chi connectivity index (χ3n) is 4.24. The predicted octanol–water partition coefficient (Wildman–Crippen LogP) is 6.25. The van der Waals surface area contributed by atoms with Crippen LogP contribution in [0.3, 0.4) is 0 Å². The number of ether oxygens (including phenoxy) is 2. The second kappa shape index (κ2) is 10.4. The Morgan fingerprint density at radius 3 is 2.67 bits per heavy atom. The van der Waals surface area contributed by atoms with Crippen molar-refractivity contribution >= 4 is 57.7 Å². The van der Waals surface area contributed by atoms with Gasteiger partial charge in [0.05, 0.1) is 23.8 Å². The molecule has 2 aromatic rings. The molecule has 0 saturated carbocycles. The van der Waals surface area contributed by atoms with E-state index in [1.165, 1.54) is 11.8 Å². The zero-order chi connectivity index (χ0) is 21.7. The number of rotatable bonds is 8. The van der Waals surface area contributed by atoms with Crippen molar-refractivity contribution in [3.8, 4) is 11.5 Å². The zero-order valence-corrected chi connectivity index (χ0v) is 20.0. The quantitative estimate of drug-likeness (QED) is 0.264. The Morgan fingerprint density at radius 2 is 1.97 bits per heavy atom. The Hall–Kier alpha value is -1.96. The van der Waals surface area contributed by atoms with Crippen LogP contribution in [0.4, 0.5) is 5.69 Å². The van der Waals surface area contributed by atoms with Gasteiger partial charge in [-0.2, -0.15) is 0 Å². The summed E-state index contributed by atoms with van der Waals surface area (Å²) in [6.45, 7) is 7.30. The standard InChI is InChI=1S/C23H25NO3S3/c1-5-26-20-11-16(9-10-19(20)27-14-15(2)3)12-21-22(25)24(23(28)30-21)17-7-6-8-18(13-17)29-4/h6-13,15H,5,14H2,1-4H3/b21-12-. The summed E-state index contributed by atoms with van der Waals surface area (Å²) >= 11 is 8.44. The summed E-state index contributed by atoms with van der Waals surface area (Å²) < 4.78 is 12.1. The molecule has 0 unspecified atom stereocenters. The van der Waals surface area contributed by atoms with E-state index in [2.05, 4.69) is 13.8 Å². The molecule has 1 fully saturated rings. The van der Waals surface area contributed by atoms with Crippen LogP contribution in [0.1, 0.15) is 26.3 Å². The fraction of sp³-hybridized carbons (Fsp3) is 0.304. The molecule has 2 aromatic carbocycles. The molecule has 4 nitrogen and oxygen atoms in total. The van der Waals surface area contributed by atoms with Crippen molar-refractivity contribution in [1.29, 1.82) is 0 Å². The predicted molar refractivity (Wildman–Crippen MR) is 132 cm³/mol. The Bertz CT molecular complexity index is 972. The van der Waals surface area contributed by atoms with Gasteiger partial charge in [0.15, 0.2) is 15.8 Å². The second-order valence-corrected chi connectivity index (χ2v) is 9.62. The van der Waals surface area contributed by atoms with Crippen LogP contribution in [0.2, 0.25) is 0 Å². The number of carbonyl (C=O) groups excluding carboxylic acids is 1. The Morgan fingerprint density at radius 1 is 1.17 bits per heavy atom. The first-order valence-corrected chi connectivity index (χ1v) is 12.2. The van der Waals surface area contributed by atoms with Crippen LogP contribution in [0.15, 0.2) is 52.3 Å². The molecule has 1 saturated heterocycles. The monoisotopic (exact) mass is 459 g/mol. The molecule has 30 heavy (non-hydrogen) atoms. The first-order chi connectivity index (χ1) is 14.4. The van der Waals surface area contributed by atoms with Crippen molar-refractivity contribution in [2.75, 3.05) is 24.4 Å². The highest BCUT2D eigenvalue weighted by Crippen LogP contribution is 2.38. The topological polar surface area (TPSA) is 38.8 Å². The Balaban J connectivity index is 1.86. The van der Waals surface area contributed by atoms with Gasteiger partial charge in [0.25, 0.3) is 5.91 Å². The van der Waals surface area contributed by atoms with Crippen LogP contribution in [-0.4, -0.2) is 29.7 Å². The van der Waals surface area contributed by atoms with Gasteiger partial charge in [-0.25, -0.2) is 0 Å². The molecule has 1 aliphatic rings. The highest BCUT2D eigenvalue weighted by molar-refractivity contribution is 8.27. The molecule has 1 amide bonds. The SMILES string of the molecule is CCOc1cc(/C=C2\SC(=S)N(c3cccc(SC)c3)C2=O)ccc1OCC(C)C. The molecule has 0 spiro atoms. The molecular formula is C23H25NO3S3. The minimum Gasteiger partial charge on any atom is -0.490 e. The summed E-state index contributed by atoms with van der Waals surface area (Å²) in [4.78, 5) is 16.3. The number of hydrogen-bond donors (Lipinski definition) is 0. The zero-order valence-electron chi connectivity index (χ0n) is 17.5. The summed E-state index contributed by atoms with van der Waals surface area (Å²) in [5, 5.41) is 0. The van der Waals surface area contributed by atoms with Crippen LogP contribution >= 0.6 is 35.7 Å². The minimum atomic E-state index is -0.110. The first-order valence-electron chi connectivity index (χ1n) is 9.74. The highest BCUT2D eigenvalue weighted by Gasteiger charge is 2.33. The number of anilines is 1. The van der Waals surface area contributed by atoms with Crippen LogP contribution < -0.4 is 14.4 Å². The van der Waals surface area contributed by atoms with E-state index in [0.29, 0.717) is 39.9 Å². The highest BCUT2D eigenvalue weighted by atomic mass is 32.2. The van der Waals surface area contributed by atoms with Crippen molar-refractivity contribution < 1.29 is 14.3 Å². The summed E-state index contributed by atoms with van der Waals surface area (Å²) in [7, 11) is 0. The van der Waals surface area contributed by atoms with E-state index in [-0.39, 0.29) is 5.91 Å². The van der Waals surface area contributed by atoms with Gasteiger partial charge in [0.1, 0.15) is 0 Å². The third-order valence-corrected chi connectivity index (χ3v) is 6.27. The summed E-state index contributed by atoms with van der Waals surface area (Å²) in [5.74, 6) is 1.70. The minimum absolute atomic E-state index is 0.110. The van der Waals surface area contributed by atoms with Gasteiger partial charge in [-0.1, -0.05) is 50.0 Å². The molecule has 3 rings (SSSR count). The van der Waals surface area contributed by atoms with Gasteiger partial charge >= 0.3 is 0 Å². The number of benzene rings is 2. The van der Waals surface area contributed by atoms with Crippen molar-refractivity contribution in [1.82, 2.24) is 0 Å². The molecule has 158 valence electrons.